The molecule has 25 heavy (non-hydrogen) atoms. The maximum Gasteiger partial charge on any atom is 0.309 e. The van der Waals surface area contributed by atoms with E-state index >= 15 is 0 Å². The number of nitrogens with one attached hydrogen (secondary N) is 3. The number of hydrogen-bond acceptors (Lipinski definition) is 4. The lowest BCUT2D eigenvalue weighted by Crippen LogP contribution is -3.14. The summed E-state index contributed by atoms with van der Waals surface area (Å²) in [4.78, 5) is 36.8. The first-order chi connectivity index (χ1) is 12.0. The summed E-state index contributed by atoms with van der Waals surface area (Å²) < 4.78 is 5.70. The molecule has 3 N–H and O–H groups in total. The molecule has 1 aromatic rings. The molecule has 1 aliphatic heterocycles. The van der Waals surface area contributed by atoms with Gasteiger partial charge in [-0.05, 0) is 35.0 Å². The zero-order chi connectivity index (χ0) is 18.2. The van der Waals surface area contributed by atoms with Crippen molar-refractivity contribution in [1.82, 2.24) is 10.9 Å². The maximum absolute atomic E-state index is 12.0. The van der Waals surface area contributed by atoms with Gasteiger partial charge in [-0.15, -0.1) is 0 Å². The van der Waals surface area contributed by atoms with Gasteiger partial charge in [0.05, 0.1) is 31.2 Å². The van der Waals surface area contributed by atoms with Crippen LogP contribution in [0.1, 0.15) is 30.1 Å². The van der Waals surface area contributed by atoms with Crippen molar-refractivity contribution in [3.05, 3.63) is 34.3 Å². The van der Waals surface area contributed by atoms with Crippen LogP contribution in [0.4, 0.5) is 0 Å². The van der Waals surface area contributed by atoms with Gasteiger partial charge >= 0.3 is 5.97 Å². The van der Waals surface area contributed by atoms with E-state index in [2.05, 4.69) is 26.8 Å². The highest BCUT2D eigenvalue weighted by molar-refractivity contribution is 9.10. The number of carbonyl (C=O) groups excluding carboxylic acids is 3. The molecule has 2 rings (SSSR count). The zero-order valence-corrected chi connectivity index (χ0v) is 15.7. The SMILES string of the molecule is CCOC(=O)C1CC[NH+](CC(=O)NNC(=O)c2ccccc2Br)CC1. The normalized spacial score (nSPS) is 19.8. The van der Waals surface area contributed by atoms with Gasteiger partial charge in [0.25, 0.3) is 11.8 Å². The molecule has 2 amide bonds. The molecule has 0 aromatic heterocycles. The summed E-state index contributed by atoms with van der Waals surface area (Å²) in [5.41, 5.74) is 5.30. The van der Waals surface area contributed by atoms with Crippen molar-refractivity contribution < 1.29 is 24.0 Å². The van der Waals surface area contributed by atoms with Crippen LogP contribution >= 0.6 is 15.9 Å². The molecule has 1 saturated heterocycles. The van der Waals surface area contributed by atoms with E-state index in [4.69, 9.17) is 4.74 Å². The highest BCUT2D eigenvalue weighted by Gasteiger charge is 2.29. The lowest BCUT2D eigenvalue weighted by atomic mass is 9.97. The van der Waals surface area contributed by atoms with Gasteiger partial charge in [0.1, 0.15) is 0 Å². The van der Waals surface area contributed by atoms with Crippen molar-refractivity contribution in [3.63, 3.8) is 0 Å². The molecule has 0 radical (unpaired) electrons. The Morgan fingerprint density at radius 2 is 1.88 bits per heavy atom. The highest BCUT2D eigenvalue weighted by Crippen LogP contribution is 2.15. The number of piperidine rings is 1. The Balaban J connectivity index is 1.72. The van der Waals surface area contributed by atoms with E-state index in [1.54, 1.807) is 25.1 Å². The Labute approximate surface area is 155 Å². The molecule has 0 saturated carbocycles. The highest BCUT2D eigenvalue weighted by atomic mass is 79.9. The fourth-order valence-electron chi connectivity index (χ4n) is 2.81. The molecule has 0 bridgehead atoms. The molecule has 0 atom stereocenters. The van der Waals surface area contributed by atoms with Crippen LogP contribution in [0.2, 0.25) is 0 Å². The number of hydrazine groups is 1. The summed E-state index contributed by atoms with van der Waals surface area (Å²) in [6.45, 7) is 3.91. The van der Waals surface area contributed by atoms with E-state index in [-0.39, 0.29) is 30.2 Å². The molecular formula is C17H23BrN3O4+. The first-order valence-corrected chi connectivity index (χ1v) is 9.14. The van der Waals surface area contributed by atoms with Crippen molar-refractivity contribution in [2.24, 2.45) is 5.92 Å². The van der Waals surface area contributed by atoms with Gasteiger partial charge in [-0.1, -0.05) is 12.1 Å². The fourth-order valence-corrected chi connectivity index (χ4v) is 3.27. The van der Waals surface area contributed by atoms with Gasteiger partial charge < -0.3 is 9.64 Å². The second-order valence-electron chi connectivity index (χ2n) is 5.94. The lowest BCUT2D eigenvalue weighted by molar-refractivity contribution is -0.897. The smallest absolute Gasteiger partial charge is 0.309 e. The van der Waals surface area contributed by atoms with Crippen LogP contribution in [0.3, 0.4) is 0 Å². The molecule has 136 valence electrons. The quantitative estimate of drug-likeness (QED) is 0.471. The number of esters is 1. The summed E-state index contributed by atoms with van der Waals surface area (Å²) in [5.74, 6) is -0.851. The van der Waals surface area contributed by atoms with Gasteiger partial charge in [-0.2, -0.15) is 0 Å². The van der Waals surface area contributed by atoms with Gasteiger partial charge in [-0.25, -0.2) is 0 Å². The van der Waals surface area contributed by atoms with Crippen molar-refractivity contribution >= 4 is 33.7 Å². The first kappa shape index (κ1) is 19.4. The van der Waals surface area contributed by atoms with E-state index in [0.29, 0.717) is 29.5 Å². The monoisotopic (exact) mass is 412 g/mol. The van der Waals surface area contributed by atoms with Gasteiger partial charge in [0, 0.05) is 17.3 Å². The molecule has 1 fully saturated rings. The van der Waals surface area contributed by atoms with Crippen LogP contribution in [0.5, 0.6) is 0 Å². The van der Waals surface area contributed by atoms with Crippen LogP contribution in [0.15, 0.2) is 28.7 Å². The number of rotatable bonds is 5. The average Bonchev–Trinajstić information content (AvgIpc) is 2.61. The number of ether oxygens (including phenoxy) is 1. The predicted molar refractivity (Wildman–Crippen MR) is 94.7 cm³/mol. The van der Waals surface area contributed by atoms with Crippen molar-refractivity contribution in [3.8, 4) is 0 Å². The third kappa shape index (κ3) is 5.82. The second kappa shape index (κ2) is 9.53. The summed E-state index contributed by atoms with van der Waals surface area (Å²) in [7, 11) is 0. The van der Waals surface area contributed by atoms with Gasteiger partial charge in [0.2, 0.25) is 0 Å². The summed E-state index contributed by atoms with van der Waals surface area (Å²) in [6, 6.07) is 6.98. The maximum atomic E-state index is 12.0. The fraction of sp³-hybridized carbons (Fsp3) is 0.471. The van der Waals surface area contributed by atoms with Crippen molar-refractivity contribution in [2.45, 2.75) is 19.8 Å². The number of quaternary nitrogens is 1. The Morgan fingerprint density at radius 3 is 2.52 bits per heavy atom. The van der Waals surface area contributed by atoms with Crippen molar-refractivity contribution in [2.75, 3.05) is 26.2 Å². The number of likely N-dealkylation sites (tertiary alicyclic amines) is 1. The first-order valence-electron chi connectivity index (χ1n) is 8.35. The van der Waals surface area contributed by atoms with Crippen LogP contribution in [0.25, 0.3) is 0 Å². The number of hydrogen-bond donors (Lipinski definition) is 3. The van der Waals surface area contributed by atoms with E-state index in [9.17, 15) is 14.4 Å². The Kier molecular flexibility index (Phi) is 7.39. The minimum absolute atomic E-state index is 0.0677. The molecule has 0 spiro atoms. The molecule has 0 unspecified atom stereocenters. The predicted octanol–water partition coefficient (Wildman–Crippen LogP) is 0.0681. The Hall–Kier alpha value is -1.93. The average molecular weight is 413 g/mol. The topological polar surface area (TPSA) is 88.9 Å². The molecule has 7 nitrogen and oxygen atoms in total. The summed E-state index contributed by atoms with van der Waals surface area (Å²) in [6.07, 6.45) is 1.43. The molecule has 0 aliphatic carbocycles. The number of halogens is 1. The Morgan fingerprint density at radius 1 is 1.20 bits per heavy atom. The second-order valence-corrected chi connectivity index (χ2v) is 6.79. The van der Waals surface area contributed by atoms with E-state index < -0.39 is 0 Å². The van der Waals surface area contributed by atoms with Crippen molar-refractivity contribution in [1.29, 1.82) is 0 Å². The van der Waals surface area contributed by atoms with Crippen LogP contribution < -0.4 is 15.8 Å². The summed E-state index contributed by atoms with van der Waals surface area (Å²) in [5, 5.41) is 0. The number of benzene rings is 1. The van der Waals surface area contributed by atoms with E-state index in [1.165, 1.54) is 0 Å². The number of carbonyl (C=O) groups is 3. The van der Waals surface area contributed by atoms with Crippen LogP contribution in [0, 0.1) is 5.92 Å². The molecule has 1 heterocycles. The minimum Gasteiger partial charge on any atom is -0.466 e. The molecular weight excluding hydrogens is 390 g/mol. The summed E-state index contributed by atoms with van der Waals surface area (Å²) >= 11 is 3.30. The van der Waals surface area contributed by atoms with Crippen LogP contribution in [-0.2, 0) is 14.3 Å². The van der Waals surface area contributed by atoms with E-state index in [0.717, 1.165) is 18.0 Å². The van der Waals surface area contributed by atoms with E-state index in [1.807, 2.05) is 6.07 Å². The molecule has 1 aromatic carbocycles. The number of amides is 2. The zero-order valence-electron chi connectivity index (χ0n) is 14.1. The van der Waals surface area contributed by atoms with Gasteiger partial charge in [0.15, 0.2) is 6.54 Å². The van der Waals surface area contributed by atoms with Gasteiger partial charge in [-0.3, -0.25) is 25.2 Å². The van der Waals surface area contributed by atoms with Crippen LogP contribution in [-0.4, -0.2) is 44.0 Å². The third-order valence-corrected chi connectivity index (χ3v) is 4.85. The Bertz CT molecular complexity index is 630. The minimum atomic E-state index is -0.378. The lowest BCUT2D eigenvalue weighted by Gasteiger charge is -2.27. The standard InChI is InChI=1S/C17H22BrN3O4/c1-2-25-17(24)12-7-9-21(10-8-12)11-15(22)19-20-16(23)13-5-3-4-6-14(13)18/h3-6,12H,2,7-11H2,1H3,(H,19,22)(H,20,23)/p+1. The third-order valence-electron chi connectivity index (χ3n) is 4.16. The molecule has 1 aliphatic rings. The molecule has 8 heteroatoms. The largest absolute Gasteiger partial charge is 0.466 e.